The minimum absolute atomic E-state index is 0. The Balaban J connectivity index is 0.00000608. The van der Waals surface area contributed by atoms with Crippen molar-refractivity contribution in [2.45, 2.75) is 86.0 Å². The summed E-state index contributed by atoms with van der Waals surface area (Å²) in [4.78, 5) is 10.5. The Bertz CT molecular complexity index is 3260. The fourth-order valence-corrected chi connectivity index (χ4v) is 9.01. The molecule has 9 rings (SSSR count). The van der Waals surface area contributed by atoms with Crippen LogP contribution in [0.5, 0.6) is 5.75 Å². The predicted octanol–water partition coefficient (Wildman–Crippen LogP) is 16.3. The molecular formula is C61H58N3OPt-. The summed E-state index contributed by atoms with van der Waals surface area (Å²) in [5, 5.41) is 12.0. The molecule has 5 heteroatoms. The summed E-state index contributed by atoms with van der Waals surface area (Å²) >= 11 is 0. The first kappa shape index (κ1) is 44.8. The molecule has 0 aliphatic carbocycles. The second-order valence-electron chi connectivity index (χ2n) is 19.8. The molecule has 0 radical (unpaired) electrons. The third-order valence-corrected chi connectivity index (χ3v) is 12.6. The number of pyridine rings is 1. The van der Waals surface area contributed by atoms with E-state index >= 15 is 0 Å². The molecule has 2 aromatic heterocycles. The number of aromatic hydroxyl groups is 1. The van der Waals surface area contributed by atoms with Crippen molar-refractivity contribution in [1.29, 1.82) is 0 Å². The molecule has 0 bridgehead atoms. The summed E-state index contributed by atoms with van der Waals surface area (Å²) in [6, 6.07) is 57.2. The van der Waals surface area contributed by atoms with Crippen molar-refractivity contribution in [3.8, 4) is 78.6 Å². The summed E-state index contributed by atoms with van der Waals surface area (Å²) < 4.78 is 10.8. The number of nitrogens with zero attached hydrogens (tertiary/aromatic N) is 3. The molecule has 0 saturated heterocycles. The molecule has 0 fully saturated rings. The Morgan fingerprint density at radius 3 is 1.89 bits per heavy atom. The molecule has 0 saturated carbocycles. The number of aromatic nitrogens is 3. The van der Waals surface area contributed by atoms with Crippen LogP contribution in [0.4, 0.5) is 0 Å². The summed E-state index contributed by atoms with van der Waals surface area (Å²) in [5.41, 5.74) is 18.3. The van der Waals surface area contributed by atoms with Gasteiger partial charge in [0.05, 0.1) is 22.3 Å². The molecule has 0 aliphatic heterocycles. The maximum Gasteiger partial charge on any atom is 0.148 e. The van der Waals surface area contributed by atoms with Gasteiger partial charge in [-0.3, -0.25) is 9.55 Å². The van der Waals surface area contributed by atoms with Crippen LogP contribution in [0.15, 0.2) is 158 Å². The van der Waals surface area contributed by atoms with Gasteiger partial charge in [0.25, 0.3) is 0 Å². The molecule has 0 aliphatic rings. The van der Waals surface area contributed by atoms with Crippen molar-refractivity contribution < 1.29 is 27.5 Å². The number of fused-ring (bicyclic) bond motifs is 1. The largest absolute Gasteiger partial charge is 0.507 e. The molecular weight excluding hydrogens is 986 g/mol. The zero-order valence-corrected chi connectivity index (χ0v) is 41.9. The van der Waals surface area contributed by atoms with Gasteiger partial charge in [-0.25, -0.2) is 4.98 Å². The van der Waals surface area contributed by atoms with Gasteiger partial charge in [0, 0.05) is 39.9 Å². The van der Waals surface area contributed by atoms with E-state index in [1.165, 1.54) is 5.56 Å². The van der Waals surface area contributed by atoms with E-state index in [1.54, 1.807) is 0 Å². The van der Waals surface area contributed by atoms with Crippen molar-refractivity contribution in [3.63, 3.8) is 0 Å². The molecule has 2 heterocycles. The van der Waals surface area contributed by atoms with Crippen LogP contribution in [-0.2, 0) is 31.9 Å². The average Bonchev–Trinajstić information content (AvgIpc) is 3.69. The third-order valence-electron chi connectivity index (χ3n) is 12.6. The van der Waals surface area contributed by atoms with E-state index in [9.17, 15) is 5.11 Å². The van der Waals surface area contributed by atoms with Gasteiger partial charge in [-0.2, -0.15) is 0 Å². The van der Waals surface area contributed by atoms with Crippen LogP contribution < -0.4 is 0 Å². The third kappa shape index (κ3) is 8.97. The van der Waals surface area contributed by atoms with E-state index in [2.05, 4.69) is 180 Å². The normalized spacial score (nSPS) is 12.2. The van der Waals surface area contributed by atoms with Crippen LogP contribution in [0.1, 0.15) is 90.5 Å². The van der Waals surface area contributed by atoms with Crippen molar-refractivity contribution in [3.05, 3.63) is 192 Å². The zero-order valence-electron chi connectivity index (χ0n) is 40.6. The number of aryl methyl sites for hydroxylation is 2. The number of imidazole rings is 1. The topological polar surface area (TPSA) is 50.9 Å². The van der Waals surface area contributed by atoms with Crippen LogP contribution in [-0.4, -0.2) is 19.6 Å². The molecule has 7 aromatic carbocycles. The van der Waals surface area contributed by atoms with Crippen LogP contribution in [0.2, 0.25) is 0 Å². The molecule has 0 spiro atoms. The van der Waals surface area contributed by atoms with Crippen molar-refractivity contribution in [2.24, 2.45) is 0 Å². The summed E-state index contributed by atoms with van der Waals surface area (Å²) in [5.74, 6) is 0.191. The first-order chi connectivity index (χ1) is 31.3. The number of rotatable bonds is 8. The first-order valence-electron chi connectivity index (χ1n) is 23.1. The van der Waals surface area contributed by atoms with Crippen LogP contribution in [0, 0.1) is 19.9 Å². The molecule has 0 amide bonds. The Kier molecular flexibility index (Phi) is 12.3. The fraction of sp³-hybridized carbons (Fsp3) is 0.213. The molecule has 0 atom stereocenters. The molecule has 66 heavy (non-hydrogen) atoms. The number of hydrogen-bond donors (Lipinski definition) is 1. The molecule has 334 valence electrons. The quantitative estimate of drug-likeness (QED) is 0.154. The summed E-state index contributed by atoms with van der Waals surface area (Å²) in [7, 11) is 0. The molecule has 4 nitrogen and oxygen atoms in total. The van der Waals surface area contributed by atoms with Crippen LogP contribution in [0.25, 0.3) is 83.9 Å². The van der Waals surface area contributed by atoms with E-state index in [0.717, 1.165) is 94.7 Å². The monoisotopic (exact) mass is 1040 g/mol. The van der Waals surface area contributed by atoms with Gasteiger partial charge in [-0.05, 0) is 111 Å². The van der Waals surface area contributed by atoms with E-state index in [4.69, 9.17) is 11.3 Å². The standard InChI is InChI=1S/C61H58N3O.Pt/c1-38(2)41-24-26-42(27-25-41)45-28-29-62-54(35-45)47-32-46(33-48(34-47)60(5,6)7)49-22-17-23-55-57(49)63-59(52-31-39(3)30-40(4)58(52)65)64(55)56-37-50(43-18-13-11-14-19-43)53(61(8,9)10)36-51(56)44-20-15-12-16-21-44;/h11-31,33-38,65H,1-10H3;/q-1;/i38D;. The molecule has 9 aromatic rings. The second kappa shape index (κ2) is 18.1. The fourth-order valence-electron chi connectivity index (χ4n) is 9.01. The first-order valence-corrected chi connectivity index (χ1v) is 22.6. The zero-order chi connectivity index (χ0) is 46.7. The van der Waals surface area contributed by atoms with Gasteiger partial charge in [0.1, 0.15) is 11.6 Å². The Morgan fingerprint density at radius 2 is 1.26 bits per heavy atom. The number of benzene rings is 7. The minimum Gasteiger partial charge on any atom is -0.507 e. The van der Waals surface area contributed by atoms with Gasteiger partial charge in [0.2, 0.25) is 0 Å². The van der Waals surface area contributed by atoms with Crippen molar-refractivity contribution in [1.82, 2.24) is 14.5 Å². The van der Waals surface area contributed by atoms with E-state index in [1.807, 2.05) is 57.3 Å². The Hall–Kier alpha value is -6.35. The smallest absolute Gasteiger partial charge is 0.148 e. The van der Waals surface area contributed by atoms with Gasteiger partial charge >= 0.3 is 0 Å². The summed E-state index contributed by atoms with van der Waals surface area (Å²) in [6.07, 6.45) is 1.87. The van der Waals surface area contributed by atoms with Gasteiger partial charge in [-0.15, -0.1) is 29.3 Å². The van der Waals surface area contributed by atoms with Crippen molar-refractivity contribution in [2.75, 3.05) is 0 Å². The van der Waals surface area contributed by atoms with Gasteiger partial charge < -0.3 is 5.11 Å². The second-order valence-corrected chi connectivity index (χ2v) is 19.8. The number of hydrogen-bond acceptors (Lipinski definition) is 3. The minimum atomic E-state index is -0.675. The molecule has 0 unspecified atom stereocenters. The SMILES string of the molecule is [2H]C(C)(C)c1ccc(-c2ccnc(-c3[c-]c(-c4cccc5c4nc(-c4cc(C)cc(C)c4O)n5-c4cc(-c5ccccc5)c(C(C)(C)C)cc4-c4ccccc4)cc(C(C)(C)C)c3)c2)cc1.[Pt]. The Morgan fingerprint density at radius 1 is 0.606 bits per heavy atom. The average molecular weight is 1050 g/mol. The van der Waals surface area contributed by atoms with Crippen LogP contribution >= 0.6 is 0 Å². The number of phenols is 1. The molecule has 1 N–H and O–H groups in total. The van der Waals surface area contributed by atoms with Gasteiger partial charge in [-0.1, -0.05) is 176 Å². The number of phenolic OH excluding ortho intramolecular Hbond substituents is 1. The van der Waals surface area contributed by atoms with Gasteiger partial charge in [0.15, 0.2) is 0 Å². The van der Waals surface area contributed by atoms with Crippen LogP contribution in [0.3, 0.4) is 0 Å². The van der Waals surface area contributed by atoms with E-state index in [-0.39, 0.29) is 37.6 Å². The maximum atomic E-state index is 12.0. The number of para-hydroxylation sites is 1. The summed E-state index contributed by atoms with van der Waals surface area (Å²) in [6.45, 7) is 21.4. The maximum absolute atomic E-state index is 12.0. The van der Waals surface area contributed by atoms with E-state index < -0.39 is 5.89 Å². The van der Waals surface area contributed by atoms with E-state index in [0.29, 0.717) is 11.4 Å². The Labute approximate surface area is 407 Å². The van der Waals surface area contributed by atoms with Crippen molar-refractivity contribution >= 4 is 11.0 Å². The predicted molar refractivity (Wildman–Crippen MR) is 273 cm³/mol.